The first-order valence-corrected chi connectivity index (χ1v) is 16.1. The molecule has 1 amide bonds. The number of benzene rings is 3. The van der Waals surface area contributed by atoms with Crippen molar-refractivity contribution in [1.82, 2.24) is 18.8 Å². The van der Waals surface area contributed by atoms with Crippen LogP contribution in [-0.4, -0.2) is 86.1 Å². The summed E-state index contributed by atoms with van der Waals surface area (Å²) in [6, 6.07) is 19.4. The Labute approximate surface area is 263 Å². The number of hydrogen-bond donors (Lipinski definition) is 1. The molecule has 4 aromatic rings. The summed E-state index contributed by atoms with van der Waals surface area (Å²) in [6.07, 6.45) is 1.84. The number of carbonyl (C=O) groups is 1. The molecule has 1 N–H and O–H groups in total. The summed E-state index contributed by atoms with van der Waals surface area (Å²) in [5.41, 5.74) is 4.48. The molecule has 12 heteroatoms. The number of methoxy groups -OCH3 is 1. The monoisotopic (exact) mass is 637 g/mol. The van der Waals surface area contributed by atoms with Gasteiger partial charge in [-0.3, -0.25) is 19.6 Å². The maximum atomic E-state index is 13.8. The van der Waals surface area contributed by atoms with Crippen LogP contribution in [0.4, 0.5) is 5.95 Å². The Hall–Kier alpha value is -3.74. The minimum absolute atomic E-state index is 0.0785. The lowest BCUT2D eigenvalue weighted by molar-refractivity contribution is -0.116. The van der Waals surface area contributed by atoms with Crippen LogP contribution in [0.1, 0.15) is 11.1 Å². The lowest BCUT2D eigenvalue weighted by Crippen LogP contribution is -2.45. The van der Waals surface area contributed by atoms with E-state index in [0.717, 1.165) is 22.4 Å². The van der Waals surface area contributed by atoms with Gasteiger partial charge in [-0.2, -0.15) is 4.31 Å². The Morgan fingerprint density at radius 3 is 2.39 bits per heavy atom. The van der Waals surface area contributed by atoms with Crippen molar-refractivity contribution >= 4 is 33.5 Å². The van der Waals surface area contributed by atoms with Crippen LogP contribution in [0.15, 0.2) is 77.8 Å². The zero-order valence-electron chi connectivity index (χ0n) is 25.0. The molecule has 3 aromatic carbocycles. The minimum atomic E-state index is -4.01. The first kappa shape index (κ1) is 31.7. The molecule has 1 fully saturated rings. The lowest BCUT2D eigenvalue weighted by Gasteiger charge is -2.29. The SMILES string of the molecule is COc1ccc(S(=O)(=O)N(CCN2CCOCC2)CC(=O)Nc2nc(-c3ccc(Cl)cc3)cn2-c2ccc(C)c(C)c2)cc1. The molecule has 0 aliphatic carbocycles. The molecule has 1 aromatic heterocycles. The van der Waals surface area contributed by atoms with E-state index in [1.807, 2.05) is 50.4 Å². The molecule has 5 rings (SSSR count). The van der Waals surface area contributed by atoms with Gasteiger partial charge in [0, 0.05) is 48.6 Å². The standard InChI is InChI=1S/C32H36ClN5O5S/c1-23-4-9-27(20-24(23)2)38-21-30(25-5-7-26(33)8-6-25)34-32(38)35-31(39)22-37(15-14-36-16-18-43-19-17-36)44(40,41)29-12-10-28(42-3)11-13-29/h4-13,20-21H,14-19,22H2,1-3H3,(H,34,35,39). The molecule has 2 heterocycles. The summed E-state index contributed by atoms with van der Waals surface area (Å²) < 4.78 is 41.2. The second-order valence-corrected chi connectivity index (χ2v) is 13.0. The number of nitrogens with one attached hydrogen (secondary N) is 1. The van der Waals surface area contributed by atoms with E-state index < -0.39 is 22.5 Å². The van der Waals surface area contributed by atoms with Gasteiger partial charge in [-0.15, -0.1) is 0 Å². The van der Waals surface area contributed by atoms with E-state index in [-0.39, 0.29) is 17.4 Å². The van der Waals surface area contributed by atoms with Crippen molar-refractivity contribution in [1.29, 1.82) is 0 Å². The topological polar surface area (TPSA) is 106 Å². The summed E-state index contributed by atoms with van der Waals surface area (Å²) in [6.45, 7) is 6.81. The van der Waals surface area contributed by atoms with Gasteiger partial charge in [0.25, 0.3) is 0 Å². The Morgan fingerprint density at radius 2 is 1.73 bits per heavy atom. The smallest absolute Gasteiger partial charge is 0.243 e. The quantitative estimate of drug-likeness (QED) is 0.252. The van der Waals surface area contributed by atoms with Crippen molar-refractivity contribution in [3.05, 3.63) is 89.1 Å². The number of amides is 1. The van der Waals surface area contributed by atoms with E-state index in [9.17, 15) is 13.2 Å². The van der Waals surface area contributed by atoms with Gasteiger partial charge in [0.2, 0.25) is 21.9 Å². The summed E-state index contributed by atoms with van der Waals surface area (Å²) in [7, 11) is -2.49. The first-order chi connectivity index (χ1) is 21.1. The fourth-order valence-corrected chi connectivity index (χ4v) is 6.40. The van der Waals surface area contributed by atoms with Crippen molar-refractivity contribution in [2.75, 3.05) is 58.4 Å². The van der Waals surface area contributed by atoms with E-state index >= 15 is 0 Å². The van der Waals surface area contributed by atoms with E-state index in [0.29, 0.717) is 49.3 Å². The van der Waals surface area contributed by atoms with Crippen LogP contribution in [0.3, 0.4) is 0 Å². The zero-order valence-corrected chi connectivity index (χ0v) is 26.6. The fraction of sp³-hybridized carbons (Fsp3) is 0.312. The zero-order chi connectivity index (χ0) is 31.3. The number of ether oxygens (including phenoxy) is 2. The molecule has 0 unspecified atom stereocenters. The van der Waals surface area contributed by atoms with Crippen LogP contribution >= 0.6 is 11.6 Å². The number of nitrogens with zero attached hydrogens (tertiary/aromatic N) is 4. The second kappa shape index (κ2) is 13.9. The summed E-state index contributed by atoms with van der Waals surface area (Å²) in [5.74, 6) is 0.303. The van der Waals surface area contributed by atoms with Gasteiger partial charge in [-0.05, 0) is 73.5 Å². The summed E-state index contributed by atoms with van der Waals surface area (Å²) >= 11 is 6.10. The maximum Gasteiger partial charge on any atom is 0.243 e. The third-order valence-electron chi connectivity index (χ3n) is 7.65. The molecule has 0 bridgehead atoms. The number of aromatic nitrogens is 2. The number of aryl methyl sites for hydroxylation is 2. The van der Waals surface area contributed by atoms with Crippen molar-refractivity contribution in [3.63, 3.8) is 0 Å². The molecular formula is C32H36ClN5O5S. The molecular weight excluding hydrogens is 602 g/mol. The van der Waals surface area contributed by atoms with E-state index in [2.05, 4.69) is 10.2 Å². The number of carbonyl (C=O) groups excluding carboxylic acids is 1. The number of anilines is 1. The number of halogens is 1. The maximum absolute atomic E-state index is 13.8. The van der Waals surface area contributed by atoms with Crippen LogP contribution in [0.5, 0.6) is 5.75 Å². The molecule has 44 heavy (non-hydrogen) atoms. The van der Waals surface area contributed by atoms with E-state index in [4.69, 9.17) is 26.1 Å². The van der Waals surface area contributed by atoms with Gasteiger partial charge in [0.1, 0.15) is 5.75 Å². The Morgan fingerprint density at radius 1 is 1.02 bits per heavy atom. The fourth-order valence-electron chi connectivity index (χ4n) is 4.88. The molecule has 1 aliphatic rings. The molecule has 0 atom stereocenters. The van der Waals surface area contributed by atoms with Gasteiger partial charge in [-0.1, -0.05) is 29.8 Å². The van der Waals surface area contributed by atoms with Crippen LogP contribution in [-0.2, 0) is 19.6 Å². The Bertz CT molecular complexity index is 1700. The first-order valence-electron chi connectivity index (χ1n) is 14.3. The molecule has 0 spiro atoms. The van der Waals surface area contributed by atoms with Gasteiger partial charge < -0.3 is 9.47 Å². The number of hydrogen-bond acceptors (Lipinski definition) is 7. The van der Waals surface area contributed by atoms with Crippen LogP contribution in [0, 0.1) is 13.8 Å². The Balaban J connectivity index is 1.43. The largest absolute Gasteiger partial charge is 0.497 e. The van der Waals surface area contributed by atoms with Crippen LogP contribution in [0.2, 0.25) is 5.02 Å². The third-order valence-corrected chi connectivity index (χ3v) is 9.76. The number of imidazole rings is 1. The number of morpholine rings is 1. The van der Waals surface area contributed by atoms with E-state index in [1.54, 1.807) is 28.8 Å². The predicted octanol–water partition coefficient (Wildman–Crippen LogP) is 4.78. The minimum Gasteiger partial charge on any atom is -0.497 e. The van der Waals surface area contributed by atoms with Gasteiger partial charge in [0.05, 0.1) is 37.5 Å². The van der Waals surface area contributed by atoms with E-state index in [1.165, 1.54) is 23.5 Å². The van der Waals surface area contributed by atoms with Gasteiger partial charge in [0.15, 0.2) is 0 Å². The molecule has 232 valence electrons. The summed E-state index contributed by atoms with van der Waals surface area (Å²) in [4.78, 5) is 20.5. The molecule has 10 nitrogen and oxygen atoms in total. The molecule has 1 saturated heterocycles. The highest BCUT2D eigenvalue weighted by Gasteiger charge is 2.28. The van der Waals surface area contributed by atoms with Crippen LogP contribution < -0.4 is 10.1 Å². The average molecular weight is 638 g/mol. The van der Waals surface area contributed by atoms with Gasteiger partial charge in [-0.25, -0.2) is 13.4 Å². The number of sulfonamides is 1. The van der Waals surface area contributed by atoms with Crippen molar-refractivity contribution in [2.45, 2.75) is 18.7 Å². The second-order valence-electron chi connectivity index (χ2n) is 10.6. The summed E-state index contributed by atoms with van der Waals surface area (Å²) in [5, 5.41) is 3.48. The normalized spacial score (nSPS) is 14.1. The van der Waals surface area contributed by atoms with Crippen LogP contribution in [0.25, 0.3) is 16.9 Å². The third kappa shape index (κ3) is 7.48. The van der Waals surface area contributed by atoms with Gasteiger partial charge >= 0.3 is 0 Å². The van der Waals surface area contributed by atoms with Crippen molar-refractivity contribution in [3.8, 4) is 22.7 Å². The predicted molar refractivity (Wildman–Crippen MR) is 171 cm³/mol. The molecule has 0 saturated carbocycles. The highest BCUT2D eigenvalue weighted by atomic mass is 35.5. The lowest BCUT2D eigenvalue weighted by atomic mass is 10.1. The number of rotatable bonds is 11. The highest BCUT2D eigenvalue weighted by Crippen LogP contribution is 2.27. The Kier molecular flexibility index (Phi) is 10.0. The molecule has 1 aliphatic heterocycles. The molecule has 0 radical (unpaired) electrons. The average Bonchev–Trinajstić information content (AvgIpc) is 3.44. The highest BCUT2D eigenvalue weighted by molar-refractivity contribution is 7.89. The van der Waals surface area contributed by atoms with Crippen molar-refractivity contribution in [2.24, 2.45) is 0 Å². The van der Waals surface area contributed by atoms with Crippen molar-refractivity contribution < 1.29 is 22.7 Å².